The number of hydrogen-bond donors (Lipinski definition) is 0. The molecule has 0 aliphatic heterocycles. The highest BCUT2D eigenvalue weighted by atomic mass is 16.5. The zero-order valence-electron chi connectivity index (χ0n) is 10.6. The lowest BCUT2D eigenvalue weighted by molar-refractivity contribution is 0.305. The summed E-state index contributed by atoms with van der Waals surface area (Å²) in [5.74, 6) is 0.964. The van der Waals surface area contributed by atoms with Crippen LogP contribution in [-0.2, 0) is 6.42 Å². The monoisotopic (exact) mass is 241 g/mol. The summed E-state index contributed by atoms with van der Waals surface area (Å²) in [7, 11) is 0. The quantitative estimate of drug-likeness (QED) is 0.686. The summed E-state index contributed by atoms with van der Waals surface area (Å²) in [6.45, 7) is 0.806. The van der Waals surface area contributed by atoms with Crippen LogP contribution in [0, 0.1) is 0 Å². The third-order valence-electron chi connectivity index (χ3n) is 2.87. The number of unbranched alkanes of at least 4 members (excludes halogenated alkanes) is 2. The van der Waals surface area contributed by atoms with Crippen LogP contribution in [0.1, 0.15) is 24.8 Å². The Hall–Kier alpha value is -1.83. The Morgan fingerprint density at radius 1 is 0.833 bits per heavy atom. The van der Waals surface area contributed by atoms with Gasteiger partial charge in [0.1, 0.15) is 5.75 Å². The van der Waals surface area contributed by atoms with Gasteiger partial charge in [0.05, 0.1) is 6.61 Å². The number of aromatic nitrogens is 1. The number of nitrogens with zero attached hydrogens (tertiary/aromatic N) is 1. The van der Waals surface area contributed by atoms with Gasteiger partial charge in [-0.25, -0.2) is 0 Å². The predicted octanol–water partition coefficient (Wildman–Crippen LogP) is 3.87. The summed E-state index contributed by atoms with van der Waals surface area (Å²) in [5.41, 5.74) is 1.37. The van der Waals surface area contributed by atoms with E-state index in [1.807, 2.05) is 42.7 Å². The molecular weight excluding hydrogens is 222 g/mol. The minimum absolute atomic E-state index is 0.806. The van der Waals surface area contributed by atoms with Gasteiger partial charge in [-0.15, -0.1) is 0 Å². The molecule has 0 radical (unpaired) electrons. The molecule has 0 amide bonds. The molecule has 0 fully saturated rings. The molecule has 0 saturated heterocycles. The van der Waals surface area contributed by atoms with Gasteiger partial charge >= 0.3 is 0 Å². The van der Waals surface area contributed by atoms with Gasteiger partial charge in [0.2, 0.25) is 0 Å². The van der Waals surface area contributed by atoms with E-state index in [9.17, 15) is 0 Å². The molecule has 0 unspecified atom stereocenters. The van der Waals surface area contributed by atoms with Crippen LogP contribution in [0.15, 0.2) is 54.9 Å². The zero-order chi connectivity index (χ0) is 12.5. The first-order valence-corrected chi connectivity index (χ1v) is 6.52. The highest BCUT2D eigenvalue weighted by Crippen LogP contribution is 2.10. The first-order valence-electron chi connectivity index (χ1n) is 6.52. The van der Waals surface area contributed by atoms with Gasteiger partial charge in [-0.2, -0.15) is 0 Å². The molecule has 0 aliphatic rings. The largest absolute Gasteiger partial charge is 0.494 e. The first-order chi connectivity index (χ1) is 8.95. The van der Waals surface area contributed by atoms with Crippen molar-refractivity contribution in [1.82, 2.24) is 4.98 Å². The van der Waals surface area contributed by atoms with Crippen molar-refractivity contribution >= 4 is 0 Å². The molecule has 0 saturated carbocycles. The topological polar surface area (TPSA) is 22.1 Å². The Balaban J connectivity index is 1.54. The SMILES string of the molecule is c1ccc(OCCCCCc2ccncc2)cc1. The van der Waals surface area contributed by atoms with Crippen LogP contribution in [0.5, 0.6) is 5.75 Å². The van der Waals surface area contributed by atoms with Crippen LogP contribution in [0.3, 0.4) is 0 Å². The Kier molecular flexibility index (Phi) is 5.25. The standard InChI is InChI=1S/C16H19NO/c1-4-8-16(9-5-1)18-14-6-2-3-7-15-10-12-17-13-11-15/h1,4-5,8-13H,2-3,6-7,14H2. The molecular formula is C16H19NO. The van der Waals surface area contributed by atoms with Crippen LogP contribution in [0.4, 0.5) is 0 Å². The van der Waals surface area contributed by atoms with Crippen molar-refractivity contribution in [1.29, 1.82) is 0 Å². The second-order valence-corrected chi connectivity index (χ2v) is 4.33. The third kappa shape index (κ3) is 4.58. The van der Waals surface area contributed by atoms with Gasteiger partial charge in [-0.05, 0) is 55.5 Å². The zero-order valence-corrected chi connectivity index (χ0v) is 10.6. The molecule has 1 aromatic heterocycles. The fourth-order valence-electron chi connectivity index (χ4n) is 1.86. The van der Waals surface area contributed by atoms with E-state index in [1.165, 1.54) is 18.4 Å². The second-order valence-electron chi connectivity index (χ2n) is 4.33. The van der Waals surface area contributed by atoms with E-state index in [0.29, 0.717) is 0 Å². The lowest BCUT2D eigenvalue weighted by atomic mass is 10.1. The molecule has 0 aliphatic carbocycles. The maximum Gasteiger partial charge on any atom is 0.119 e. The summed E-state index contributed by atoms with van der Waals surface area (Å²) in [6, 6.07) is 14.2. The molecule has 2 nitrogen and oxygen atoms in total. The summed E-state index contributed by atoms with van der Waals surface area (Å²) >= 11 is 0. The number of rotatable bonds is 7. The van der Waals surface area contributed by atoms with Crippen LogP contribution >= 0.6 is 0 Å². The van der Waals surface area contributed by atoms with Gasteiger partial charge in [-0.1, -0.05) is 18.2 Å². The fourth-order valence-corrected chi connectivity index (χ4v) is 1.86. The molecule has 0 spiro atoms. The highest BCUT2D eigenvalue weighted by Gasteiger charge is 1.94. The van der Waals surface area contributed by atoms with Crippen molar-refractivity contribution in [2.45, 2.75) is 25.7 Å². The molecule has 0 atom stereocenters. The Labute approximate surface area is 109 Å². The third-order valence-corrected chi connectivity index (χ3v) is 2.87. The van der Waals surface area contributed by atoms with E-state index in [0.717, 1.165) is 25.2 Å². The number of pyridine rings is 1. The smallest absolute Gasteiger partial charge is 0.119 e. The van der Waals surface area contributed by atoms with Crippen molar-refractivity contribution in [2.24, 2.45) is 0 Å². The van der Waals surface area contributed by atoms with Crippen molar-refractivity contribution < 1.29 is 4.74 Å². The molecule has 94 valence electrons. The van der Waals surface area contributed by atoms with Gasteiger partial charge in [0.15, 0.2) is 0 Å². The van der Waals surface area contributed by atoms with Crippen LogP contribution in [0.2, 0.25) is 0 Å². The Bertz CT molecular complexity index is 384. The molecule has 2 aromatic rings. The molecule has 1 aromatic carbocycles. The minimum atomic E-state index is 0.806. The van der Waals surface area contributed by atoms with Crippen LogP contribution in [-0.4, -0.2) is 11.6 Å². The van der Waals surface area contributed by atoms with Crippen LogP contribution < -0.4 is 4.74 Å². The van der Waals surface area contributed by atoms with Crippen molar-refractivity contribution in [3.8, 4) is 5.75 Å². The van der Waals surface area contributed by atoms with Crippen molar-refractivity contribution in [3.05, 3.63) is 60.4 Å². The van der Waals surface area contributed by atoms with Gasteiger partial charge < -0.3 is 4.74 Å². The lowest BCUT2D eigenvalue weighted by Crippen LogP contribution is -1.97. The van der Waals surface area contributed by atoms with E-state index in [1.54, 1.807) is 0 Å². The number of aryl methyl sites for hydroxylation is 1. The minimum Gasteiger partial charge on any atom is -0.494 e. The van der Waals surface area contributed by atoms with Gasteiger partial charge in [-0.3, -0.25) is 4.98 Å². The van der Waals surface area contributed by atoms with Crippen LogP contribution in [0.25, 0.3) is 0 Å². The van der Waals surface area contributed by atoms with Gasteiger partial charge in [0.25, 0.3) is 0 Å². The molecule has 1 heterocycles. The maximum atomic E-state index is 5.65. The normalized spacial score (nSPS) is 10.2. The Morgan fingerprint density at radius 2 is 1.61 bits per heavy atom. The number of benzene rings is 1. The molecule has 2 rings (SSSR count). The number of hydrogen-bond acceptors (Lipinski definition) is 2. The summed E-state index contributed by atoms with van der Waals surface area (Å²) in [4.78, 5) is 4.02. The molecule has 18 heavy (non-hydrogen) atoms. The Morgan fingerprint density at radius 3 is 2.39 bits per heavy atom. The summed E-state index contributed by atoms with van der Waals surface area (Å²) in [6.07, 6.45) is 8.37. The fraction of sp³-hybridized carbons (Fsp3) is 0.312. The van der Waals surface area contributed by atoms with E-state index in [-0.39, 0.29) is 0 Å². The predicted molar refractivity (Wildman–Crippen MR) is 73.7 cm³/mol. The average Bonchev–Trinajstić information content (AvgIpc) is 2.45. The average molecular weight is 241 g/mol. The second kappa shape index (κ2) is 7.49. The van der Waals surface area contributed by atoms with E-state index in [2.05, 4.69) is 17.1 Å². The molecule has 2 heteroatoms. The summed E-state index contributed by atoms with van der Waals surface area (Å²) < 4.78 is 5.65. The van der Waals surface area contributed by atoms with E-state index in [4.69, 9.17) is 4.74 Å². The molecule has 0 bridgehead atoms. The molecule has 0 N–H and O–H groups in total. The summed E-state index contributed by atoms with van der Waals surface area (Å²) in [5, 5.41) is 0. The first kappa shape index (κ1) is 12.6. The highest BCUT2D eigenvalue weighted by molar-refractivity contribution is 5.20. The number of para-hydroxylation sites is 1. The van der Waals surface area contributed by atoms with E-state index >= 15 is 0 Å². The van der Waals surface area contributed by atoms with Gasteiger partial charge in [0, 0.05) is 12.4 Å². The van der Waals surface area contributed by atoms with E-state index < -0.39 is 0 Å². The lowest BCUT2D eigenvalue weighted by Gasteiger charge is -2.05. The van der Waals surface area contributed by atoms with Crippen molar-refractivity contribution in [3.63, 3.8) is 0 Å². The van der Waals surface area contributed by atoms with Crippen molar-refractivity contribution in [2.75, 3.05) is 6.61 Å². The maximum absolute atomic E-state index is 5.65. The number of ether oxygens (including phenoxy) is 1.